The first kappa shape index (κ1) is 13.4. The first-order valence-electron chi connectivity index (χ1n) is 6.59. The Balaban J connectivity index is 2.28. The lowest BCUT2D eigenvalue weighted by Gasteiger charge is -2.09. The lowest BCUT2D eigenvalue weighted by molar-refractivity contribution is 0.343. The average Bonchev–Trinajstić information content (AvgIpc) is 2.86. The first-order chi connectivity index (χ1) is 10.2. The van der Waals surface area contributed by atoms with Gasteiger partial charge in [0.15, 0.2) is 5.65 Å². The van der Waals surface area contributed by atoms with Gasteiger partial charge in [-0.25, -0.2) is 9.67 Å². The summed E-state index contributed by atoms with van der Waals surface area (Å²) in [5.74, 6) is 0. The zero-order valence-electron chi connectivity index (χ0n) is 11.9. The predicted molar refractivity (Wildman–Crippen MR) is 79.4 cm³/mol. The third kappa shape index (κ3) is 2.41. The van der Waals surface area contributed by atoms with Gasteiger partial charge in [-0.2, -0.15) is 0 Å². The number of rotatable bonds is 3. The Labute approximate surface area is 121 Å². The van der Waals surface area contributed by atoms with Crippen molar-refractivity contribution >= 4 is 16.7 Å². The van der Waals surface area contributed by atoms with Crippen molar-refractivity contribution in [2.75, 3.05) is 6.61 Å². The molecule has 3 aromatic rings. The van der Waals surface area contributed by atoms with Crippen LogP contribution in [0.5, 0.6) is 0 Å². The fourth-order valence-electron chi connectivity index (χ4n) is 2.33. The molecule has 1 N–H and O–H groups in total. The number of nitrogens with zero attached hydrogens (tertiary/aromatic N) is 5. The molecule has 0 unspecified atom stereocenters. The molecule has 21 heavy (non-hydrogen) atoms. The van der Waals surface area contributed by atoms with Gasteiger partial charge in [-0.3, -0.25) is 4.98 Å². The van der Waals surface area contributed by atoms with E-state index in [0.717, 1.165) is 28.0 Å². The van der Waals surface area contributed by atoms with Crippen molar-refractivity contribution in [3.63, 3.8) is 0 Å². The van der Waals surface area contributed by atoms with Crippen molar-refractivity contribution in [1.29, 1.82) is 0 Å². The molecule has 6 nitrogen and oxygen atoms in total. The highest BCUT2D eigenvalue weighted by atomic mass is 16.2. The molecular weight excluding hydrogens is 266 g/mol. The maximum Gasteiger partial charge on any atom is 0.179 e. The Morgan fingerprint density at radius 1 is 1.43 bits per heavy atom. The van der Waals surface area contributed by atoms with Gasteiger partial charge in [0.1, 0.15) is 5.52 Å². The third-order valence-electron chi connectivity index (χ3n) is 3.25. The van der Waals surface area contributed by atoms with Crippen LogP contribution in [0.25, 0.3) is 16.7 Å². The van der Waals surface area contributed by atoms with Crippen LogP contribution >= 0.6 is 0 Å². The summed E-state index contributed by atoms with van der Waals surface area (Å²) in [6.07, 6.45) is 5.23. The van der Waals surface area contributed by atoms with Crippen molar-refractivity contribution < 1.29 is 5.11 Å². The second-order valence-electron chi connectivity index (χ2n) is 4.74. The Morgan fingerprint density at radius 3 is 3.00 bits per heavy atom. The van der Waals surface area contributed by atoms with Crippen molar-refractivity contribution in [3.05, 3.63) is 53.5 Å². The summed E-state index contributed by atoms with van der Waals surface area (Å²) in [5, 5.41) is 17.6. The SMILES string of the molecule is Cc1cc(/C(=C\CO)c2cccnc2)c2nnn(C)c2n1. The lowest BCUT2D eigenvalue weighted by atomic mass is 9.98. The maximum absolute atomic E-state index is 9.35. The van der Waals surface area contributed by atoms with Crippen LogP contribution in [0, 0.1) is 6.92 Å². The van der Waals surface area contributed by atoms with Gasteiger partial charge in [0.2, 0.25) is 0 Å². The van der Waals surface area contributed by atoms with Crippen LogP contribution < -0.4 is 0 Å². The highest BCUT2D eigenvalue weighted by Gasteiger charge is 2.15. The van der Waals surface area contributed by atoms with Gasteiger partial charge >= 0.3 is 0 Å². The average molecular weight is 281 g/mol. The van der Waals surface area contributed by atoms with Crippen LogP contribution in [0.2, 0.25) is 0 Å². The van der Waals surface area contributed by atoms with Crippen LogP contribution in [0.15, 0.2) is 36.7 Å². The zero-order chi connectivity index (χ0) is 14.8. The molecule has 0 bridgehead atoms. The molecule has 0 radical (unpaired) electrons. The van der Waals surface area contributed by atoms with E-state index in [1.165, 1.54) is 0 Å². The molecule has 0 spiro atoms. The summed E-state index contributed by atoms with van der Waals surface area (Å²) in [4.78, 5) is 8.61. The van der Waals surface area contributed by atoms with Crippen molar-refractivity contribution in [2.45, 2.75) is 6.92 Å². The molecular formula is C15H15N5O. The molecule has 0 aromatic carbocycles. The molecule has 106 valence electrons. The van der Waals surface area contributed by atoms with E-state index in [4.69, 9.17) is 0 Å². The van der Waals surface area contributed by atoms with Gasteiger partial charge < -0.3 is 5.11 Å². The minimum Gasteiger partial charge on any atom is -0.392 e. The number of aryl methyl sites for hydroxylation is 2. The van der Waals surface area contributed by atoms with Crippen LogP contribution in [0.1, 0.15) is 16.8 Å². The number of aromatic nitrogens is 5. The number of hydrogen-bond acceptors (Lipinski definition) is 5. The molecule has 0 fully saturated rings. The number of aliphatic hydroxyl groups is 1. The van der Waals surface area contributed by atoms with E-state index in [1.54, 1.807) is 23.2 Å². The van der Waals surface area contributed by atoms with Gasteiger partial charge in [0.05, 0.1) is 6.61 Å². The van der Waals surface area contributed by atoms with E-state index in [0.29, 0.717) is 5.52 Å². The van der Waals surface area contributed by atoms with Gasteiger partial charge in [-0.1, -0.05) is 17.4 Å². The quantitative estimate of drug-likeness (QED) is 0.787. The van der Waals surface area contributed by atoms with Crippen molar-refractivity contribution in [2.24, 2.45) is 7.05 Å². The smallest absolute Gasteiger partial charge is 0.179 e. The number of pyridine rings is 2. The molecule has 3 rings (SSSR count). The van der Waals surface area contributed by atoms with Gasteiger partial charge in [0.25, 0.3) is 0 Å². The summed E-state index contributed by atoms with van der Waals surface area (Å²) in [7, 11) is 1.81. The molecule has 3 aromatic heterocycles. The summed E-state index contributed by atoms with van der Waals surface area (Å²) in [6.45, 7) is 1.86. The minimum absolute atomic E-state index is 0.0621. The van der Waals surface area contributed by atoms with Gasteiger partial charge in [0, 0.05) is 36.3 Å². The van der Waals surface area contributed by atoms with Crippen molar-refractivity contribution in [1.82, 2.24) is 25.0 Å². The van der Waals surface area contributed by atoms with E-state index < -0.39 is 0 Å². The lowest BCUT2D eigenvalue weighted by Crippen LogP contribution is -1.97. The minimum atomic E-state index is -0.0621. The van der Waals surface area contributed by atoms with Gasteiger partial charge in [-0.15, -0.1) is 5.10 Å². The Morgan fingerprint density at radius 2 is 2.29 bits per heavy atom. The molecule has 0 atom stereocenters. The standard InChI is InChI=1S/C15H15N5O/c1-10-8-13(14-15(17-10)20(2)19-18-14)12(5-7-21)11-4-3-6-16-9-11/h3-6,8-9,21H,7H2,1-2H3/b12-5-. The highest BCUT2D eigenvalue weighted by molar-refractivity contribution is 5.92. The Bertz CT molecular complexity index is 808. The Hall–Kier alpha value is -2.60. The Kier molecular flexibility index (Phi) is 3.45. The van der Waals surface area contributed by atoms with Crippen LogP contribution in [0.3, 0.4) is 0 Å². The molecule has 3 heterocycles. The topological polar surface area (TPSA) is 76.7 Å². The highest BCUT2D eigenvalue weighted by Crippen LogP contribution is 2.28. The second kappa shape index (κ2) is 5.41. The summed E-state index contributed by atoms with van der Waals surface area (Å²) < 4.78 is 1.64. The van der Waals surface area contributed by atoms with E-state index in [2.05, 4.69) is 20.3 Å². The van der Waals surface area contributed by atoms with E-state index in [-0.39, 0.29) is 6.61 Å². The summed E-state index contributed by atoms with van der Waals surface area (Å²) in [6, 6.07) is 5.76. The number of fused-ring (bicyclic) bond motifs is 1. The molecule has 6 heteroatoms. The predicted octanol–water partition coefficient (Wildman–Crippen LogP) is 1.49. The largest absolute Gasteiger partial charge is 0.392 e. The summed E-state index contributed by atoms with van der Waals surface area (Å²) >= 11 is 0. The van der Waals surface area contributed by atoms with Crippen molar-refractivity contribution in [3.8, 4) is 0 Å². The van der Waals surface area contributed by atoms with Gasteiger partial charge in [-0.05, 0) is 24.6 Å². The van der Waals surface area contributed by atoms with E-state index in [1.807, 2.05) is 32.2 Å². The maximum atomic E-state index is 9.35. The molecule has 0 aliphatic rings. The normalized spacial score (nSPS) is 12.0. The molecule has 0 saturated carbocycles. The number of aliphatic hydroxyl groups excluding tert-OH is 1. The summed E-state index contributed by atoms with van der Waals surface area (Å²) in [5.41, 5.74) is 5.00. The zero-order valence-corrected chi connectivity index (χ0v) is 11.9. The fraction of sp³-hybridized carbons (Fsp3) is 0.200. The molecule has 0 aliphatic heterocycles. The third-order valence-corrected chi connectivity index (χ3v) is 3.25. The molecule has 0 saturated heterocycles. The second-order valence-corrected chi connectivity index (χ2v) is 4.74. The van der Waals surface area contributed by atoms with Crippen LogP contribution in [0.4, 0.5) is 0 Å². The van der Waals surface area contributed by atoms with Crippen LogP contribution in [-0.4, -0.2) is 36.7 Å². The molecule has 0 aliphatic carbocycles. The van der Waals surface area contributed by atoms with E-state index in [9.17, 15) is 5.11 Å². The monoisotopic (exact) mass is 281 g/mol. The van der Waals surface area contributed by atoms with E-state index >= 15 is 0 Å². The van der Waals surface area contributed by atoms with Crippen LogP contribution in [-0.2, 0) is 7.05 Å². The number of hydrogen-bond donors (Lipinski definition) is 1. The first-order valence-corrected chi connectivity index (χ1v) is 6.59. The molecule has 0 amide bonds. The fourth-order valence-corrected chi connectivity index (χ4v) is 2.33.